The number of carbonyl (C=O) groups is 1. The number of amides is 1. The highest BCUT2D eigenvalue weighted by Crippen LogP contribution is 2.25. The Balaban J connectivity index is 2.49. The first-order valence-corrected chi connectivity index (χ1v) is 8.46. The van der Waals surface area contributed by atoms with Gasteiger partial charge in [-0.1, -0.05) is 34.6 Å². The minimum Gasteiger partial charge on any atom is -0.394 e. The highest BCUT2D eigenvalue weighted by atomic mass is 32.1. The molecule has 2 aromatic heterocycles. The van der Waals surface area contributed by atoms with Crippen LogP contribution in [0.2, 0.25) is 0 Å². The van der Waals surface area contributed by atoms with Crippen LogP contribution in [0.5, 0.6) is 0 Å². The number of thiazole rings is 1. The number of carbonyl (C=O) groups excluding carboxylic acids is 1. The molecule has 2 rings (SSSR count). The molecule has 0 unspecified atom stereocenters. The molecule has 0 aliphatic carbocycles. The van der Waals surface area contributed by atoms with E-state index in [1.807, 2.05) is 40.0 Å². The average molecular weight is 337 g/mol. The number of aromatic nitrogens is 2. The predicted molar refractivity (Wildman–Crippen MR) is 91.2 cm³/mol. The van der Waals surface area contributed by atoms with Crippen LogP contribution < -0.4 is 10.9 Å². The minimum absolute atomic E-state index is 0.00880. The Hall–Kier alpha value is -1.73. The van der Waals surface area contributed by atoms with Crippen LogP contribution in [-0.4, -0.2) is 33.0 Å². The van der Waals surface area contributed by atoms with E-state index in [1.54, 1.807) is 0 Å². The van der Waals surface area contributed by atoms with Gasteiger partial charge in [0.05, 0.1) is 12.6 Å². The van der Waals surface area contributed by atoms with E-state index in [0.717, 1.165) is 5.69 Å². The molecule has 0 spiro atoms. The zero-order valence-electron chi connectivity index (χ0n) is 14.1. The van der Waals surface area contributed by atoms with Crippen molar-refractivity contribution < 1.29 is 9.90 Å². The molecule has 0 aromatic carbocycles. The molecule has 0 aliphatic rings. The lowest BCUT2D eigenvalue weighted by molar-refractivity contribution is 0.0894. The number of aliphatic hydroxyl groups is 1. The number of nitrogens with one attached hydrogen (secondary N) is 1. The monoisotopic (exact) mass is 337 g/mol. The van der Waals surface area contributed by atoms with Gasteiger partial charge in [0.1, 0.15) is 5.56 Å². The van der Waals surface area contributed by atoms with Crippen molar-refractivity contribution in [1.29, 1.82) is 0 Å². The third-order valence-corrected chi connectivity index (χ3v) is 4.62. The second-order valence-electron chi connectivity index (χ2n) is 6.97. The van der Waals surface area contributed by atoms with Crippen LogP contribution in [0.1, 0.15) is 50.7 Å². The van der Waals surface area contributed by atoms with E-state index >= 15 is 0 Å². The molecule has 2 N–H and O–H groups in total. The molecule has 7 heteroatoms. The first-order valence-electron chi connectivity index (χ1n) is 7.58. The summed E-state index contributed by atoms with van der Waals surface area (Å²) < 4.78 is 1.50. The first-order chi connectivity index (χ1) is 10.7. The third-order valence-electron chi connectivity index (χ3n) is 3.78. The van der Waals surface area contributed by atoms with E-state index in [2.05, 4.69) is 10.3 Å². The van der Waals surface area contributed by atoms with Gasteiger partial charge in [-0.05, 0) is 5.92 Å². The van der Waals surface area contributed by atoms with Gasteiger partial charge in [-0.3, -0.25) is 14.0 Å². The van der Waals surface area contributed by atoms with Crippen molar-refractivity contribution in [2.45, 2.75) is 46.1 Å². The highest BCUT2D eigenvalue weighted by molar-refractivity contribution is 7.15. The van der Waals surface area contributed by atoms with Gasteiger partial charge in [-0.15, -0.1) is 11.3 Å². The number of nitrogens with zero attached hydrogens (tertiary/aromatic N) is 2. The summed E-state index contributed by atoms with van der Waals surface area (Å²) in [6.45, 7) is 9.64. The zero-order chi connectivity index (χ0) is 17.4. The van der Waals surface area contributed by atoms with Gasteiger partial charge in [-0.2, -0.15) is 0 Å². The second-order valence-corrected chi connectivity index (χ2v) is 7.81. The number of rotatable bonds is 4. The van der Waals surface area contributed by atoms with Gasteiger partial charge in [0.2, 0.25) is 0 Å². The van der Waals surface area contributed by atoms with Crippen LogP contribution in [-0.2, 0) is 5.41 Å². The van der Waals surface area contributed by atoms with Crippen LogP contribution in [0.4, 0.5) is 0 Å². The standard InChI is InChI=1S/C16H23N3O3S/c1-9(2)11(7-20)18-13(21)10-6-17-15-19(14(10)22)12(8-23-15)16(3,4)5/h6,8-9,11,20H,7H2,1-5H3,(H,18,21)/t11-/m1/s1. The van der Waals surface area contributed by atoms with Crippen molar-refractivity contribution in [3.05, 3.63) is 33.2 Å². The molecule has 0 aliphatic heterocycles. The summed E-state index contributed by atoms with van der Waals surface area (Å²) in [5.74, 6) is -0.439. The zero-order valence-corrected chi connectivity index (χ0v) is 14.9. The second kappa shape index (κ2) is 6.41. The highest BCUT2D eigenvalue weighted by Gasteiger charge is 2.24. The van der Waals surface area contributed by atoms with Gasteiger partial charge in [0, 0.05) is 22.7 Å². The Morgan fingerprint density at radius 1 is 1.43 bits per heavy atom. The Bertz CT molecular complexity index is 771. The molecule has 0 bridgehead atoms. The molecule has 1 atom stereocenters. The largest absolute Gasteiger partial charge is 0.394 e. The smallest absolute Gasteiger partial charge is 0.271 e. The lowest BCUT2D eigenvalue weighted by Crippen LogP contribution is -2.43. The van der Waals surface area contributed by atoms with Crippen molar-refractivity contribution in [3.63, 3.8) is 0 Å². The van der Waals surface area contributed by atoms with Crippen LogP contribution in [0, 0.1) is 5.92 Å². The molecule has 0 saturated heterocycles. The molecule has 0 fully saturated rings. The van der Waals surface area contributed by atoms with E-state index in [-0.39, 0.29) is 29.1 Å². The topological polar surface area (TPSA) is 83.7 Å². The molecule has 23 heavy (non-hydrogen) atoms. The maximum Gasteiger partial charge on any atom is 0.271 e. The number of hydrogen-bond acceptors (Lipinski definition) is 5. The predicted octanol–water partition coefficient (Wildman–Crippen LogP) is 1.80. The normalized spacial score (nSPS) is 13.5. The summed E-state index contributed by atoms with van der Waals surface area (Å²) in [4.78, 5) is 29.9. The fourth-order valence-electron chi connectivity index (χ4n) is 2.23. The first kappa shape index (κ1) is 17.6. The van der Waals surface area contributed by atoms with E-state index in [4.69, 9.17) is 0 Å². The summed E-state index contributed by atoms with van der Waals surface area (Å²) >= 11 is 1.38. The van der Waals surface area contributed by atoms with Crippen molar-refractivity contribution in [3.8, 4) is 0 Å². The Morgan fingerprint density at radius 3 is 2.61 bits per heavy atom. The summed E-state index contributed by atoms with van der Waals surface area (Å²) in [6, 6.07) is -0.396. The summed E-state index contributed by atoms with van der Waals surface area (Å²) in [5.41, 5.74) is 0.210. The van der Waals surface area contributed by atoms with Gasteiger partial charge in [0.15, 0.2) is 4.96 Å². The summed E-state index contributed by atoms with van der Waals surface area (Å²) in [5, 5.41) is 13.9. The molecule has 126 valence electrons. The quantitative estimate of drug-likeness (QED) is 0.891. The lowest BCUT2D eigenvalue weighted by atomic mass is 9.93. The lowest BCUT2D eigenvalue weighted by Gasteiger charge is -2.20. The van der Waals surface area contributed by atoms with E-state index in [0.29, 0.717) is 4.96 Å². The fraction of sp³-hybridized carbons (Fsp3) is 0.562. The van der Waals surface area contributed by atoms with Gasteiger partial charge < -0.3 is 10.4 Å². The molecule has 0 saturated carbocycles. The summed E-state index contributed by atoms with van der Waals surface area (Å²) in [7, 11) is 0. The Labute approximate surface area is 139 Å². The Kier molecular flexibility index (Phi) is 4.91. The van der Waals surface area contributed by atoms with Gasteiger partial charge >= 0.3 is 0 Å². The van der Waals surface area contributed by atoms with E-state index < -0.39 is 11.9 Å². The van der Waals surface area contributed by atoms with E-state index in [1.165, 1.54) is 21.9 Å². The van der Waals surface area contributed by atoms with Crippen molar-refractivity contribution in [2.24, 2.45) is 5.92 Å². The number of hydrogen-bond donors (Lipinski definition) is 2. The molecule has 1 amide bonds. The van der Waals surface area contributed by atoms with Crippen molar-refractivity contribution in [2.75, 3.05) is 6.61 Å². The molecular formula is C16H23N3O3S. The maximum atomic E-state index is 12.7. The SMILES string of the molecule is CC(C)[C@@H](CO)NC(=O)c1cnc2scc(C(C)(C)C)n2c1=O. The molecule has 6 nitrogen and oxygen atoms in total. The maximum absolute atomic E-state index is 12.7. The van der Waals surface area contributed by atoms with Crippen LogP contribution in [0.3, 0.4) is 0 Å². The number of fused-ring (bicyclic) bond motifs is 1. The minimum atomic E-state index is -0.504. The fourth-order valence-corrected chi connectivity index (χ4v) is 3.31. The third kappa shape index (κ3) is 3.45. The molecular weight excluding hydrogens is 314 g/mol. The van der Waals surface area contributed by atoms with Crippen LogP contribution in [0.15, 0.2) is 16.4 Å². The van der Waals surface area contributed by atoms with Gasteiger partial charge in [-0.25, -0.2) is 4.98 Å². The van der Waals surface area contributed by atoms with Crippen molar-refractivity contribution in [1.82, 2.24) is 14.7 Å². The summed E-state index contributed by atoms with van der Waals surface area (Å²) in [6.07, 6.45) is 1.31. The van der Waals surface area contributed by atoms with Crippen molar-refractivity contribution >= 4 is 22.2 Å². The van der Waals surface area contributed by atoms with Crippen LogP contribution in [0.25, 0.3) is 4.96 Å². The molecule has 0 radical (unpaired) electrons. The molecule has 2 heterocycles. The average Bonchev–Trinajstić information content (AvgIpc) is 2.89. The van der Waals surface area contributed by atoms with E-state index in [9.17, 15) is 14.7 Å². The Morgan fingerprint density at radius 2 is 2.09 bits per heavy atom. The molecule has 2 aromatic rings. The van der Waals surface area contributed by atoms with Gasteiger partial charge in [0.25, 0.3) is 11.5 Å². The number of aliphatic hydroxyl groups excluding tert-OH is 1. The van der Waals surface area contributed by atoms with Crippen LogP contribution >= 0.6 is 11.3 Å².